The molecular weight excluding hydrogens is 340 g/mol. The number of carbonyl (C=O) groups excluding carboxylic acids is 2. The number of anilines is 2. The standard InChI is InChI=1S/C18H18N2O4S/c1-3-24-14-6-5-12(9-15(14)23-2)19-18(22)11-4-7-16-13(8-11)20-17(21)10-25-16/h4-9H,3,10H2,1-2H3,(H,19,22)(H,20,21). The van der Waals surface area contributed by atoms with Crippen LogP contribution in [0.2, 0.25) is 0 Å². The summed E-state index contributed by atoms with van der Waals surface area (Å²) >= 11 is 1.46. The molecule has 0 bridgehead atoms. The predicted molar refractivity (Wildman–Crippen MR) is 97.9 cm³/mol. The van der Waals surface area contributed by atoms with Crippen molar-refractivity contribution in [1.82, 2.24) is 0 Å². The molecule has 0 saturated carbocycles. The van der Waals surface area contributed by atoms with Gasteiger partial charge in [-0.25, -0.2) is 0 Å². The maximum atomic E-state index is 12.5. The lowest BCUT2D eigenvalue weighted by Gasteiger charge is -2.17. The molecule has 7 heteroatoms. The summed E-state index contributed by atoms with van der Waals surface area (Å²) in [4.78, 5) is 24.9. The fourth-order valence-electron chi connectivity index (χ4n) is 2.45. The summed E-state index contributed by atoms with van der Waals surface area (Å²) < 4.78 is 10.8. The highest BCUT2D eigenvalue weighted by atomic mass is 32.2. The third kappa shape index (κ3) is 3.88. The molecule has 1 aliphatic heterocycles. The van der Waals surface area contributed by atoms with Gasteiger partial charge < -0.3 is 20.1 Å². The largest absolute Gasteiger partial charge is 0.493 e. The van der Waals surface area contributed by atoms with Crippen LogP contribution in [-0.2, 0) is 4.79 Å². The molecule has 2 aromatic rings. The Kier molecular flexibility index (Phi) is 5.14. The second-order valence-electron chi connectivity index (χ2n) is 5.30. The number of nitrogens with one attached hydrogen (secondary N) is 2. The van der Waals surface area contributed by atoms with Crippen LogP contribution in [0, 0.1) is 0 Å². The summed E-state index contributed by atoms with van der Waals surface area (Å²) in [6.45, 7) is 2.42. The maximum absolute atomic E-state index is 12.5. The van der Waals surface area contributed by atoms with Gasteiger partial charge in [0.2, 0.25) is 5.91 Å². The zero-order valence-electron chi connectivity index (χ0n) is 13.9. The van der Waals surface area contributed by atoms with Crippen molar-refractivity contribution < 1.29 is 19.1 Å². The molecule has 1 aliphatic rings. The van der Waals surface area contributed by atoms with Gasteiger partial charge in [-0.05, 0) is 37.3 Å². The topological polar surface area (TPSA) is 76.7 Å². The second kappa shape index (κ2) is 7.48. The van der Waals surface area contributed by atoms with Crippen LogP contribution < -0.4 is 20.1 Å². The quantitative estimate of drug-likeness (QED) is 0.857. The Morgan fingerprint density at radius 1 is 1.24 bits per heavy atom. The van der Waals surface area contributed by atoms with E-state index in [2.05, 4.69) is 10.6 Å². The van der Waals surface area contributed by atoms with Crippen LogP contribution in [0.3, 0.4) is 0 Å². The molecule has 0 spiro atoms. The maximum Gasteiger partial charge on any atom is 0.255 e. The Balaban J connectivity index is 1.78. The Hall–Kier alpha value is -2.67. The number of methoxy groups -OCH3 is 1. The van der Waals surface area contributed by atoms with E-state index >= 15 is 0 Å². The lowest BCUT2D eigenvalue weighted by atomic mass is 10.1. The third-order valence-electron chi connectivity index (χ3n) is 3.60. The van der Waals surface area contributed by atoms with Crippen LogP contribution in [0.25, 0.3) is 0 Å². The van der Waals surface area contributed by atoms with Crippen molar-refractivity contribution >= 4 is 35.0 Å². The number of thioether (sulfide) groups is 1. The van der Waals surface area contributed by atoms with Crippen LogP contribution >= 0.6 is 11.8 Å². The first-order chi connectivity index (χ1) is 12.1. The predicted octanol–water partition coefficient (Wildman–Crippen LogP) is 3.39. The fourth-order valence-corrected chi connectivity index (χ4v) is 3.24. The zero-order valence-corrected chi connectivity index (χ0v) is 14.7. The van der Waals surface area contributed by atoms with Crippen molar-refractivity contribution in [2.45, 2.75) is 11.8 Å². The Morgan fingerprint density at radius 2 is 2.08 bits per heavy atom. The smallest absolute Gasteiger partial charge is 0.255 e. The number of benzene rings is 2. The van der Waals surface area contributed by atoms with Crippen LogP contribution in [0.5, 0.6) is 11.5 Å². The molecule has 2 N–H and O–H groups in total. The minimum atomic E-state index is -0.265. The van der Waals surface area contributed by atoms with Gasteiger partial charge in [0.1, 0.15) is 0 Å². The highest BCUT2D eigenvalue weighted by Gasteiger charge is 2.17. The molecule has 25 heavy (non-hydrogen) atoms. The van der Waals surface area contributed by atoms with Gasteiger partial charge in [-0.15, -0.1) is 11.8 Å². The SMILES string of the molecule is CCOc1ccc(NC(=O)c2ccc3c(c2)NC(=O)CS3)cc1OC. The van der Waals surface area contributed by atoms with Crippen LogP contribution in [0.4, 0.5) is 11.4 Å². The molecular formula is C18H18N2O4S. The van der Waals surface area contributed by atoms with Crippen molar-refractivity contribution in [2.75, 3.05) is 30.1 Å². The summed E-state index contributed by atoms with van der Waals surface area (Å²) in [5.41, 5.74) is 1.73. The van der Waals surface area contributed by atoms with Crippen molar-refractivity contribution in [2.24, 2.45) is 0 Å². The molecule has 1 heterocycles. The van der Waals surface area contributed by atoms with Crippen LogP contribution in [0.1, 0.15) is 17.3 Å². The summed E-state index contributed by atoms with van der Waals surface area (Å²) in [7, 11) is 1.55. The van der Waals surface area contributed by atoms with Gasteiger partial charge in [-0.1, -0.05) is 0 Å². The zero-order chi connectivity index (χ0) is 17.8. The molecule has 130 valence electrons. The molecule has 6 nitrogen and oxygen atoms in total. The van der Waals surface area contributed by atoms with Gasteiger partial charge in [-0.3, -0.25) is 9.59 Å². The van der Waals surface area contributed by atoms with Gasteiger partial charge >= 0.3 is 0 Å². The van der Waals surface area contributed by atoms with Gasteiger partial charge in [-0.2, -0.15) is 0 Å². The monoisotopic (exact) mass is 358 g/mol. The van der Waals surface area contributed by atoms with Crippen LogP contribution in [0.15, 0.2) is 41.3 Å². The van der Waals surface area contributed by atoms with Gasteiger partial charge in [0.05, 0.1) is 25.2 Å². The van der Waals surface area contributed by atoms with E-state index in [1.165, 1.54) is 11.8 Å². The highest BCUT2D eigenvalue weighted by molar-refractivity contribution is 8.00. The fraction of sp³-hybridized carbons (Fsp3) is 0.222. The first-order valence-corrected chi connectivity index (χ1v) is 8.78. The van der Waals surface area contributed by atoms with Crippen molar-refractivity contribution in [3.8, 4) is 11.5 Å². The molecule has 2 aromatic carbocycles. The molecule has 0 saturated heterocycles. The van der Waals surface area contributed by atoms with E-state index in [-0.39, 0.29) is 11.8 Å². The van der Waals surface area contributed by atoms with E-state index < -0.39 is 0 Å². The van der Waals surface area contributed by atoms with Gasteiger partial charge in [0.15, 0.2) is 11.5 Å². The molecule has 3 rings (SSSR count). The van der Waals surface area contributed by atoms with E-state index in [1.807, 2.05) is 13.0 Å². The lowest BCUT2D eigenvalue weighted by Crippen LogP contribution is -2.19. The number of hydrogen-bond donors (Lipinski definition) is 2. The first-order valence-electron chi connectivity index (χ1n) is 7.79. The average Bonchev–Trinajstić information content (AvgIpc) is 2.62. The molecule has 0 radical (unpaired) electrons. The van der Waals surface area contributed by atoms with Gasteiger partial charge in [0, 0.05) is 22.2 Å². The number of amides is 2. The number of ether oxygens (including phenoxy) is 2. The first kappa shape index (κ1) is 17.2. The van der Waals surface area contributed by atoms with Crippen LogP contribution in [-0.4, -0.2) is 31.3 Å². The third-order valence-corrected chi connectivity index (χ3v) is 4.67. The second-order valence-corrected chi connectivity index (χ2v) is 6.32. The van der Waals surface area contributed by atoms with Crippen molar-refractivity contribution in [3.63, 3.8) is 0 Å². The molecule has 2 amide bonds. The van der Waals surface area contributed by atoms with E-state index in [1.54, 1.807) is 37.4 Å². The summed E-state index contributed by atoms with van der Waals surface area (Å²) in [5, 5.41) is 5.61. The molecule has 0 aliphatic carbocycles. The van der Waals surface area contributed by atoms with E-state index in [0.717, 1.165) is 4.90 Å². The Morgan fingerprint density at radius 3 is 2.84 bits per heavy atom. The normalized spacial score (nSPS) is 12.8. The van der Waals surface area contributed by atoms with Crippen molar-refractivity contribution in [3.05, 3.63) is 42.0 Å². The average molecular weight is 358 g/mol. The summed E-state index contributed by atoms with van der Waals surface area (Å²) in [6.07, 6.45) is 0. The molecule has 0 fully saturated rings. The number of carbonyl (C=O) groups is 2. The number of rotatable bonds is 5. The van der Waals surface area contributed by atoms with Gasteiger partial charge in [0.25, 0.3) is 5.91 Å². The molecule has 0 atom stereocenters. The van der Waals surface area contributed by atoms with E-state index in [4.69, 9.17) is 9.47 Å². The Bertz CT molecular complexity index is 823. The molecule has 0 unspecified atom stereocenters. The van der Waals surface area contributed by atoms with E-state index in [0.29, 0.717) is 40.8 Å². The number of fused-ring (bicyclic) bond motifs is 1. The minimum Gasteiger partial charge on any atom is -0.493 e. The summed E-state index contributed by atoms with van der Waals surface area (Å²) in [5.74, 6) is 1.24. The summed E-state index contributed by atoms with van der Waals surface area (Å²) in [6, 6.07) is 10.5. The van der Waals surface area contributed by atoms with E-state index in [9.17, 15) is 9.59 Å². The van der Waals surface area contributed by atoms with Crippen molar-refractivity contribution in [1.29, 1.82) is 0 Å². The Labute approximate surface area is 149 Å². The minimum absolute atomic E-state index is 0.0636. The lowest BCUT2D eigenvalue weighted by molar-refractivity contribution is -0.113. The highest BCUT2D eigenvalue weighted by Crippen LogP contribution is 2.33. The molecule has 0 aromatic heterocycles. The number of hydrogen-bond acceptors (Lipinski definition) is 5.